The molecule has 0 radical (unpaired) electrons. The van der Waals surface area contributed by atoms with E-state index in [0.717, 1.165) is 22.9 Å². The molecule has 1 aliphatic rings. The van der Waals surface area contributed by atoms with E-state index in [9.17, 15) is 5.11 Å². The van der Waals surface area contributed by atoms with Gasteiger partial charge in [-0.15, -0.1) is 0 Å². The molecule has 112 valence electrons. The summed E-state index contributed by atoms with van der Waals surface area (Å²) in [6.45, 7) is 3.78. The van der Waals surface area contributed by atoms with E-state index in [1.165, 1.54) is 18.6 Å². The van der Waals surface area contributed by atoms with Crippen molar-refractivity contribution in [3.8, 4) is 5.75 Å². The van der Waals surface area contributed by atoms with Gasteiger partial charge in [-0.05, 0) is 49.3 Å². The number of rotatable bonds is 7. The van der Waals surface area contributed by atoms with Crippen molar-refractivity contribution in [2.45, 2.75) is 31.1 Å². The van der Waals surface area contributed by atoms with Crippen molar-refractivity contribution in [3.63, 3.8) is 0 Å². The van der Waals surface area contributed by atoms with Crippen molar-refractivity contribution in [2.24, 2.45) is 0 Å². The van der Waals surface area contributed by atoms with Crippen molar-refractivity contribution in [1.29, 1.82) is 0 Å². The molecule has 1 aromatic carbocycles. The van der Waals surface area contributed by atoms with Gasteiger partial charge in [0.25, 0.3) is 0 Å². The zero-order chi connectivity index (χ0) is 14.4. The Balaban J connectivity index is 1.63. The minimum Gasteiger partial charge on any atom is -0.491 e. The van der Waals surface area contributed by atoms with Crippen molar-refractivity contribution in [2.75, 3.05) is 25.4 Å². The van der Waals surface area contributed by atoms with Gasteiger partial charge < -0.3 is 15.2 Å². The van der Waals surface area contributed by atoms with Crippen LogP contribution in [0.2, 0.25) is 5.02 Å². The van der Waals surface area contributed by atoms with Gasteiger partial charge in [-0.25, -0.2) is 0 Å². The van der Waals surface area contributed by atoms with Gasteiger partial charge >= 0.3 is 0 Å². The van der Waals surface area contributed by atoms with Gasteiger partial charge in [0.15, 0.2) is 0 Å². The molecule has 0 amide bonds. The molecule has 1 heterocycles. The number of benzene rings is 1. The molecule has 1 saturated heterocycles. The van der Waals surface area contributed by atoms with E-state index >= 15 is 0 Å². The Labute approximate surface area is 130 Å². The van der Waals surface area contributed by atoms with Crippen LogP contribution >= 0.6 is 23.4 Å². The molecular formula is C15H22ClNO2S. The molecule has 0 saturated carbocycles. The summed E-state index contributed by atoms with van der Waals surface area (Å²) >= 11 is 7.98. The highest BCUT2D eigenvalue weighted by molar-refractivity contribution is 8.00. The third-order valence-electron chi connectivity index (χ3n) is 3.35. The summed E-state index contributed by atoms with van der Waals surface area (Å²) in [5.41, 5.74) is 0.982. The minimum absolute atomic E-state index is 0.298. The molecule has 1 aromatic rings. The van der Waals surface area contributed by atoms with Crippen LogP contribution in [0.15, 0.2) is 18.2 Å². The summed E-state index contributed by atoms with van der Waals surface area (Å²) < 4.78 is 5.57. The van der Waals surface area contributed by atoms with E-state index in [2.05, 4.69) is 5.32 Å². The molecule has 0 bridgehead atoms. The van der Waals surface area contributed by atoms with Gasteiger partial charge in [-0.1, -0.05) is 11.6 Å². The first-order valence-corrected chi connectivity index (χ1v) is 8.47. The lowest BCUT2D eigenvalue weighted by Gasteiger charge is -2.15. The molecule has 2 atom stereocenters. The lowest BCUT2D eigenvalue weighted by molar-refractivity contribution is 0.106. The molecule has 0 aromatic heterocycles. The number of hydrogen-bond donors (Lipinski definition) is 2. The van der Waals surface area contributed by atoms with Crippen LogP contribution in [0.25, 0.3) is 0 Å². The summed E-state index contributed by atoms with van der Waals surface area (Å²) in [6, 6.07) is 5.52. The van der Waals surface area contributed by atoms with E-state index in [1.807, 2.05) is 36.9 Å². The summed E-state index contributed by atoms with van der Waals surface area (Å²) in [4.78, 5) is 0. The smallest absolute Gasteiger partial charge is 0.119 e. The molecule has 1 aliphatic heterocycles. The number of aliphatic hydroxyl groups is 1. The normalized spacial score (nSPS) is 20.1. The lowest BCUT2D eigenvalue weighted by Crippen LogP contribution is -2.34. The second-order valence-corrected chi connectivity index (χ2v) is 6.98. The third-order valence-corrected chi connectivity index (χ3v) is 5.17. The topological polar surface area (TPSA) is 41.5 Å². The Bertz CT molecular complexity index is 424. The highest BCUT2D eigenvalue weighted by Crippen LogP contribution is 2.25. The summed E-state index contributed by atoms with van der Waals surface area (Å²) in [6.07, 6.45) is 2.12. The second-order valence-electron chi connectivity index (χ2n) is 5.17. The standard InChI is InChI=1S/C15H22ClNO2S/c1-11-7-13(4-5-15(11)16)19-10-12(18)8-17-9-14-3-2-6-20-14/h4-5,7,12,14,17-18H,2-3,6,8-10H2,1H3. The monoisotopic (exact) mass is 315 g/mol. The van der Waals surface area contributed by atoms with E-state index in [4.69, 9.17) is 16.3 Å². The van der Waals surface area contributed by atoms with Crippen LogP contribution in [-0.4, -0.2) is 41.9 Å². The van der Waals surface area contributed by atoms with Crippen molar-refractivity contribution in [1.82, 2.24) is 5.32 Å². The van der Waals surface area contributed by atoms with Gasteiger partial charge in [-0.3, -0.25) is 0 Å². The fourth-order valence-electron chi connectivity index (χ4n) is 2.17. The first-order chi connectivity index (χ1) is 9.65. The highest BCUT2D eigenvalue weighted by atomic mass is 35.5. The second kappa shape index (κ2) is 8.13. The van der Waals surface area contributed by atoms with E-state index in [0.29, 0.717) is 18.4 Å². The molecule has 2 unspecified atom stereocenters. The van der Waals surface area contributed by atoms with Crippen molar-refractivity contribution >= 4 is 23.4 Å². The zero-order valence-corrected chi connectivity index (χ0v) is 13.3. The first-order valence-electron chi connectivity index (χ1n) is 7.04. The maximum absolute atomic E-state index is 9.89. The van der Waals surface area contributed by atoms with E-state index < -0.39 is 6.10 Å². The fraction of sp³-hybridized carbons (Fsp3) is 0.600. The third kappa shape index (κ3) is 5.17. The number of hydrogen-bond acceptors (Lipinski definition) is 4. The fourth-order valence-corrected chi connectivity index (χ4v) is 3.53. The Morgan fingerprint density at radius 2 is 2.40 bits per heavy atom. The Hall–Kier alpha value is -0.420. The van der Waals surface area contributed by atoms with Crippen LogP contribution in [0.3, 0.4) is 0 Å². The van der Waals surface area contributed by atoms with Crippen LogP contribution in [-0.2, 0) is 0 Å². The average Bonchev–Trinajstić information content (AvgIpc) is 2.93. The summed E-state index contributed by atoms with van der Waals surface area (Å²) in [5.74, 6) is 2.02. The van der Waals surface area contributed by atoms with Crippen molar-refractivity contribution < 1.29 is 9.84 Å². The van der Waals surface area contributed by atoms with E-state index in [-0.39, 0.29) is 0 Å². The molecule has 5 heteroatoms. The molecule has 0 spiro atoms. The number of aryl methyl sites for hydroxylation is 1. The average molecular weight is 316 g/mol. The predicted molar refractivity (Wildman–Crippen MR) is 86.0 cm³/mol. The molecule has 2 rings (SSSR count). The molecule has 1 fully saturated rings. The molecule has 3 nitrogen and oxygen atoms in total. The van der Waals surface area contributed by atoms with Crippen LogP contribution in [0, 0.1) is 6.92 Å². The van der Waals surface area contributed by atoms with Crippen LogP contribution < -0.4 is 10.1 Å². The maximum Gasteiger partial charge on any atom is 0.119 e. The molecule has 20 heavy (non-hydrogen) atoms. The van der Waals surface area contributed by atoms with Crippen LogP contribution in [0.1, 0.15) is 18.4 Å². The molecule has 0 aliphatic carbocycles. The Kier molecular flexibility index (Phi) is 6.49. The van der Waals surface area contributed by atoms with Gasteiger partial charge in [0, 0.05) is 23.4 Å². The highest BCUT2D eigenvalue weighted by Gasteiger charge is 2.15. The number of ether oxygens (including phenoxy) is 1. The summed E-state index contributed by atoms with van der Waals surface area (Å²) in [5, 5.41) is 14.6. The van der Waals surface area contributed by atoms with Gasteiger partial charge in [0.05, 0.1) is 0 Å². The number of aliphatic hydroxyl groups excluding tert-OH is 1. The first kappa shape index (κ1) is 16.0. The Morgan fingerprint density at radius 3 is 3.10 bits per heavy atom. The molecular weight excluding hydrogens is 294 g/mol. The SMILES string of the molecule is Cc1cc(OCC(O)CNCC2CCCS2)ccc1Cl. The largest absolute Gasteiger partial charge is 0.491 e. The van der Waals surface area contributed by atoms with Crippen LogP contribution in [0.4, 0.5) is 0 Å². The number of nitrogens with one attached hydrogen (secondary N) is 1. The zero-order valence-electron chi connectivity index (χ0n) is 11.8. The quantitative estimate of drug-likeness (QED) is 0.812. The minimum atomic E-state index is -0.489. The summed E-state index contributed by atoms with van der Waals surface area (Å²) in [7, 11) is 0. The molecule has 2 N–H and O–H groups in total. The maximum atomic E-state index is 9.89. The van der Waals surface area contributed by atoms with Gasteiger partial charge in [-0.2, -0.15) is 11.8 Å². The predicted octanol–water partition coefficient (Wildman–Crippen LogP) is 2.87. The van der Waals surface area contributed by atoms with Crippen molar-refractivity contribution in [3.05, 3.63) is 28.8 Å². The lowest BCUT2D eigenvalue weighted by atomic mass is 10.2. The van der Waals surface area contributed by atoms with Gasteiger partial charge in [0.1, 0.15) is 18.5 Å². The Morgan fingerprint density at radius 1 is 1.55 bits per heavy atom. The van der Waals surface area contributed by atoms with Crippen LogP contribution in [0.5, 0.6) is 5.75 Å². The van der Waals surface area contributed by atoms with E-state index in [1.54, 1.807) is 0 Å². The number of halogens is 1. The number of thioether (sulfide) groups is 1. The van der Waals surface area contributed by atoms with Gasteiger partial charge in [0.2, 0.25) is 0 Å².